The Balaban J connectivity index is 0.00000231. The predicted molar refractivity (Wildman–Crippen MR) is 121 cm³/mol. The highest BCUT2D eigenvalue weighted by molar-refractivity contribution is 5.95. The Bertz CT molecular complexity index is 1050. The molecule has 2 unspecified atom stereocenters. The van der Waals surface area contributed by atoms with Gasteiger partial charge in [0, 0.05) is 30.1 Å². The van der Waals surface area contributed by atoms with Crippen molar-refractivity contribution in [3.63, 3.8) is 0 Å². The van der Waals surface area contributed by atoms with E-state index in [1.54, 1.807) is 12.3 Å². The van der Waals surface area contributed by atoms with E-state index in [0.717, 1.165) is 55.8 Å². The highest BCUT2D eigenvalue weighted by Crippen LogP contribution is 2.49. The number of nitrogens with zero attached hydrogens (tertiary/aromatic N) is 2. The molecule has 3 heterocycles. The van der Waals surface area contributed by atoms with Crippen LogP contribution < -0.4 is 5.43 Å². The van der Waals surface area contributed by atoms with E-state index in [0.29, 0.717) is 11.9 Å². The minimum Gasteiger partial charge on any atom is -0.461 e. The summed E-state index contributed by atoms with van der Waals surface area (Å²) in [5.74, 6) is -0.0225. The largest absolute Gasteiger partial charge is 0.461 e. The number of piperidine rings is 1. The van der Waals surface area contributed by atoms with Crippen LogP contribution in [0.3, 0.4) is 0 Å². The molecule has 3 aliphatic rings. The van der Waals surface area contributed by atoms with Crippen LogP contribution in [-0.4, -0.2) is 41.7 Å². The number of aromatic nitrogens is 1. The molecule has 5 rings (SSSR count). The molecule has 2 aliphatic heterocycles. The molecule has 0 amide bonds. The highest BCUT2D eigenvalue weighted by atomic mass is 35.5. The molecule has 1 aromatic heterocycles. The van der Waals surface area contributed by atoms with Crippen molar-refractivity contribution >= 4 is 29.3 Å². The van der Waals surface area contributed by atoms with Crippen molar-refractivity contribution < 1.29 is 13.9 Å². The first kappa shape index (κ1) is 22.3. The molecule has 1 saturated heterocycles. The van der Waals surface area contributed by atoms with Gasteiger partial charge < -0.3 is 9.30 Å². The average molecular weight is 449 g/mol. The van der Waals surface area contributed by atoms with Crippen LogP contribution in [0.2, 0.25) is 0 Å². The molecule has 1 aliphatic carbocycles. The number of esters is 1. The third-order valence-corrected chi connectivity index (χ3v) is 7.34. The number of benzene rings is 1. The van der Waals surface area contributed by atoms with Crippen LogP contribution in [0.15, 0.2) is 23.1 Å². The zero-order valence-electron chi connectivity index (χ0n) is 17.9. The second-order valence-corrected chi connectivity index (χ2v) is 9.29. The lowest BCUT2D eigenvalue weighted by molar-refractivity contribution is 0.0440. The van der Waals surface area contributed by atoms with Crippen molar-refractivity contribution in [1.29, 1.82) is 0 Å². The summed E-state index contributed by atoms with van der Waals surface area (Å²) in [7, 11) is 0. The monoisotopic (exact) mass is 448 g/mol. The van der Waals surface area contributed by atoms with Gasteiger partial charge >= 0.3 is 5.97 Å². The number of rotatable bonds is 4. The van der Waals surface area contributed by atoms with Crippen LogP contribution in [0.5, 0.6) is 0 Å². The number of hydrogen-bond acceptors (Lipinski definition) is 4. The molecule has 0 N–H and O–H groups in total. The quantitative estimate of drug-likeness (QED) is 0.638. The summed E-state index contributed by atoms with van der Waals surface area (Å²) in [5, 5.41) is 0.305. The lowest BCUT2D eigenvalue weighted by Crippen LogP contribution is -2.35. The molecular formula is C24H30ClFN2O3. The standard InChI is InChI=1S/C24H29FN2O3.ClH/c1-15-6-8-26(9-7-15)10-11-30-24(29)20-14-27-21-5-3-2-4-17(21)18-12-16(25)13-19(22(18)27)23(20)28;/h12-15,17,21H,2-11H2,1H3;1H. The Morgan fingerprint density at radius 2 is 1.90 bits per heavy atom. The van der Waals surface area contributed by atoms with Crippen molar-refractivity contribution in [1.82, 2.24) is 9.47 Å². The zero-order valence-corrected chi connectivity index (χ0v) is 18.8. The summed E-state index contributed by atoms with van der Waals surface area (Å²) < 4.78 is 21.9. The van der Waals surface area contributed by atoms with E-state index in [2.05, 4.69) is 16.4 Å². The van der Waals surface area contributed by atoms with Gasteiger partial charge in [0.05, 0.1) is 5.52 Å². The summed E-state index contributed by atoms with van der Waals surface area (Å²) in [6.07, 6.45) is 8.21. The van der Waals surface area contributed by atoms with Crippen molar-refractivity contribution in [3.05, 3.63) is 45.5 Å². The molecule has 168 valence electrons. The smallest absolute Gasteiger partial charge is 0.343 e. The topological polar surface area (TPSA) is 51.5 Å². The summed E-state index contributed by atoms with van der Waals surface area (Å²) in [6.45, 7) is 5.26. The molecule has 1 saturated carbocycles. The number of halogens is 2. The Kier molecular flexibility index (Phi) is 6.40. The second kappa shape index (κ2) is 8.91. The summed E-state index contributed by atoms with van der Waals surface area (Å²) in [6, 6.07) is 3.05. The fourth-order valence-corrected chi connectivity index (χ4v) is 5.62. The maximum Gasteiger partial charge on any atom is 0.343 e. The van der Waals surface area contributed by atoms with Crippen LogP contribution in [0.25, 0.3) is 10.9 Å². The van der Waals surface area contributed by atoms with Gasteiger partial charge in [-0.15, -0.1) is 12.4 Å². The van der Waals surface area contributed by atoms with Gasteiger partial charge in [-0.2, -0.15) is 0 Å². The molecule has 2 atom stereocenters. The Hall–Kier alpha value is -1.92. The first-order valence-electron chi connectivity index (χ1n) is 11.3. The molecule has 2 fully saturated rings. The van der Waals surface area contributed by atoms with Crippen molar-refractivity contribution in [2.75, 3.05) is 26.2 Å². The van der Waals surface area contributed by atoms with Crippen molar-refractivity contribution in [2.24, 2.45) is 5.92 Å². The fraction of sp³-hybridized carbons (Fsp3) is 0.583. The number of likely N-dealkylation sites (tertiary alicyclic amines) is 1. The lowest BCUT2D eigenvalue weighted by atomic mass is 9.82. The maximum absolute atomic E-state index is 14.3. The summed E-state index contributed by atoms with van der Waals surface area (Å²) in [4.78, 5) is 28.2. The van der Waals surface area contributed by atoms with E-state index in [9.17, 15) is 14.0 Å². The van der Waals surface area contributed by atoms with Crippen LogP contribution in [0, 0.1) is 11.7 Å². The zero-order chi connectivity index (χ0) is 20.8. The van der Waals surface area contributed by atoms with Crippen LogP contribution in [0.1, 0.15) is 73.3 Å². The van der Waals surface area contributed by atoms with Crippen LogP contribution in [0.4, 0.5) is 4.39 Å². The van der Waals surface area contributed by atoms with E-state index < -0.39 is 17.2 Å². The van der Waals surface area contributed by atoms with Gasteiger partial charge in [-0.25, -0.2) is 9.18 Å². The van der Waals surface area contributed by atoms with Gasteiger partial charge in [-0.05, 0) is 62.4 Å². The number of pyridine rings is 1. The molecular weight excluding hydrogens is 419 g/mol. The number of hydrogen-bond donors (Lipinski definition) is 0. The number of carbonyl (C=O) groups is 1. The van der Waals surface area contributed by atoms with Gasteiger partial charge in [0.15, 0.2) is 0 Å². The van der Waals surface area contributed by atoms with E-state index in [1.165, 1.54) is 18.9 Å². The maximum atomic E-state index is 14.3. The lowest BCUT2D eigenvalue weighted by Gasteiger charge is -2.29. The van der Waals surface area contributed by atoms with E-state index >= 15 is 0 Å². The summed E-state index contributed by atoms with van der Waals surface area (Å²) >= 11 is 0. The first-order valence-corrected chi connectivity index (χ1v) is 11.3. The Morgan fingerprint density at radius 1 is 1.16 bits per heavy atom. The molecule has 0 bridgehead atoms. The molecule has 1 aromatic carbocycles. The molecule has 0 spiro atoms. The van der Waals surface area contributed by atoms with Gasteiger partial charge in [-0.3, -0.25) is 9.69 Å². The van der Waals surface area contributed by atoms with Gasteiger partial charge in [0.1, 0.15) is 18.0 Å². The highest BCUT2D eigenvalue weighted by Gasteiger charge is 2.37. The van der Waals surface area contributed by atoms with Gasteiger partial charge in [0.2, 0.25) is 5.43 Å². The normalized spacial score (nSPS) is 23.4. The second-order valence-electron chi connectivity index (χ2n) is 9.29. The molecule has 7 heteroatoms. The van der Waals surface area contributed by atoms with Gasteiger partial charge in [0.25, 0.3) is 0 Å². The number of fused-ring (bicyclic) bond motifs is 3. The number of carbonyl (C=O) groups excluding carboxylic acids is 1. The molecule has 31 heavy (non-hydrogen) atoms. The SMILES string of the molecule is CC1CCN(CCOC(=O)c2cn3c4c(cc(F)cc4c2=O)C2CCCCC23)CC1.Cl. The number of ether oxygens (including phenoxy) is 1. The first-order chi connectivity index (χ1) is 14.5. The predicted octanol–water partition coefficient (Wildman–Crippen LogP) is 4.66. The Morgan fingerprint density at radius 3 is 2.68 bits per heavy atom. The van der Waals surface area contributed by atoms with Crippen molar-refractivity contribution in [2.45, 2.75) is 57.4 Å². The molecule has 5 nitrogen and oxygen atoms in total. The average Bonchev–Trinajstić information content (AvgIpc) is 3.06. The minimum atomic E-state index is -0.596. The summed E-state index contributed by atoms with van der Waals surface area (Å²) in [5.41, 5.74) is 1.33. The Labute approximate surface area is 188 Å². The third-order valence-electron chi connectivity index (χ3n) is 7.34. The third kappa shape index (κ3) is 4.00. The molecule has 2 aromatic rings. The van der Waals surface area contributed by atoms with Crippen molar-refractivity contribution in [3.8, 4) is 0 Å². The van der Waals surface area contributed by atoms with E-state index in [1.807, 2.05) is 0 Å². The van der Waals surface area contributed by atoms with Gasteiger partial charge in [-0.1, -0.05) is 19.8 Å². The van der Waals surface area contributed by atoms with Crippen LogP contribution >= 0.6 is 12.4 Å². The van der Waals surface area contributed by atoms with E-state index in [-0.39, 0.29) is 36.5 Å². The minimum absolute atomic E-state index is 0. The van der Waals surface area contributed by atoms with E-state index in [4.69, 9.17) is 4.74 Å². The molecule has 0 radical (unpaired) electrons. The van der Waals surface area contributed by atoms with Crippen LogP contribution in [-0.2, 0) is 4.74 Å². The fourth-order valence-electron chi connectivity index (χ4n) is 5.62.